The summed E-state index contributed by atoms with van der Waals surface area (Å²) >= 11 is 7.60. The molecule has 0 bridgehead atoms. The second kappa shape index (κ2) is 11.2. The van der Waals surface area contributed by atoms with E-state index >= 15 is 0 Å². The first kappa shape index (κ1) is 23.2. The normalized spacial score (nSPS) is 16.7. The maximum Gasteiger partial charge on any atom is 0.269 e. The van der Waals surface area contributed by atoms with Crippen molar-refractivity contribution in [3.63, 3.8) is 0 Å². The number of nitro groups is 1. The van der Waals surface area contributed by atoms with E-state index in [-0.39, 0.29) is 14.7 Å². The first-order chi connectivity index (χ1) is 14.5. The fourth-order valence-corrected chi connectivity index (χ4v) is 6.86. The van der Waals surface area contributed by atoms with Gasteiger partial charge in [0.25, 0.3) is 5.69 Å². The second-order valence-corrected chi connectivity index (χ2v) is 11.0. The van der Waals surface area contributed by atoms with E-state index in [1.54, 1.807) is 12.1 Å². The average molecular weight is 505 g/mol. The molecule has 2 aromatic carbocycles. The lowest BCUT2D eigenvalue weighted by Crippen LogP contribution is -2.20. The molecule has 0 unspecified atom stereocenters. The first-order valence-corrected chi connectivity index (χ1v) is 13.0. The molecule has 2 aromatic rings. The van der Waals surface area contributed by atoms with E-state index in [0.29, 0.717) is 0 Å². The lowest BCUT2D eigenvalue weighted by Gasteiger charge is -2.34. The van der Waals surface area contributed by atoms with Crippen LogP contribution in [0.5, 0.6) is 0 Å². The molecule has 1 fully saturated rings. The number of rotatable bonds is 8. The predicted octanol–water partition coefficient (Wildman–Crippen LogP) is 7.95. The van der Waals surface area contributed by atoms with Gasteiger partial charge in [0, 0.05) is 16.6 Å². The molecule has 1 aliphatic heterocycles. The fourth-order valence-electron chi connectivity index (χ4n) is 3.29. The molecule has 0 aromatic heterocycles. The molecule has 0 amide bonds. The zero-order chi connectivity index (χ0) is 21.4. The number of nitrogens with zero attached hydrogens (tertiary/aromatic N) is 1. The van der Waals surface area contributed by atoms with Gasteiger partial charge in [0.2, 0.25) is 0 Å². The summed E-state index contributed by atoms with van der Waals surface area (Å²) in [5.74, 6) is 2.31. The number of unbranched alkanes of at least 4 members (excludes halogenated alkanes) is 1. The van der Waals surface area contributed by atoms with Crippen molar-refractivity contribution in [3.8, 4) is 0 Å². The van der Waals surface area contributed by atoms with Crippen molar-refractivity contribution >= 4 is 49.6 Å². The van der Waals surface area contributed by atoms with Crippen LogP contribution in [-0.4, -0.2) is 16.4 Å². The minimum atomic E-state index is -0.379. The molecule has 158 valence electrons. The predicted molar refractivity (Wildman–Crippen MR) is 135 cm³/mol. The van der Waals surface area contributed by atoms with Crippen LogP contribution in [0.25, 0.3) is 4.48 Å². The van der Waals surface area contributed by atoms with Crippen molar-refractivity contribution in [2.45, 2.75) is 36.7 Å². The highest BCUT2D eigenvalue weighted by atomic mass is 79.9. The summed E-state index contributed by atoms with van der Waals surface area (Å²) in [4.78, 5) is 10.5. The Labute approximate surface area is 195 Å². The Kier molecular flexibility index (Phi) is 8.66. The third kappa shape index (κ3) is 6.02. The smallest absolute Gasteiger partial charge is 0.258 e. The molecule has 0 N–H and O–H groups in total. The number of non-ortho nitro benzene ring substituents is 1. The number of halogens is 1. The standard InChI is InChI=1S/C24H26BrNO2S2/c1-2-3-6-19-8-12-21(13-9-19)24(29-17-5-18-30-24)16-4-7-23(25)20-10-14-22(15-11-20)26(27)28/h4,7-16H,2-3,5-6,17-18H2,1H3/b16-4+,23-7-. The minimum absolute atomic E-state index is 0.0687. The van der Waals surface area contributed by atoms with Gasteiger partial charge >= 0.3 is 0 Å². The molecular weight excluding hydrogens is 478 g/mol. The summed E-state index contributed by atoms with van der Waals surface area (Å²) in [6, 6.07) is 15.7. The third-order valence-corrected chi connectivity index (χ3v) is 9.03. The summed E-state index contributed by atoms with van der Waals surface area (Å²) in [6.07, 6.45) is 11.2. The molecule has 0 spiro atoms. The SMILES string of the molecule is CCCCc1ccc(C2(/C=C/C=C(\Br)c3ccc([N+](=O)[O-])cc3)SCCCS2)cc1. The molecule has 30 heavy (non-hydrogen) atoms. The van der Waals surface area contributed by atoms with E-state index in [9.17, 15) is 10.1 Å². The molecule has 1 aliphatic rings. The number of thioether (sulfide) groups is 2. The Morgan fingerprint density at radius 3 is 2.40 bits per heavy atom. The molecule has 0 atom stereocenters. The minimum Gasteiger partial charge on any atom is -0.258 e. The van der Waals surface area contributed by atoms with Crippen LogP contribution in [0.2, 0.25) is 0 Å². The summed E-state index contributed by atoms with van der Waals surface area (Å²) in [5, 5.41) is 10.8. The summed E-state index contributed by atoms with van der Waals surface area (Å²) in [5.41, 5.74) is 3.77. The zero-order valence-corrected chi connectivity index (χ0v) is 20.3. The highest BCUT2D eigenvalue weighted by molar-refractivity contribution is 9.15. The van der Waals surface area contributed by atoms with Gasteiger partial charge in [0.05, 0.1) is 4.92 Å². The molecule has 0 aliphatic carbocycles. The number of aryl methyl sites for hydroxylation is 1. The van der Waals surface area contributed by atoms with Gasteiger partial charge < -0.3 is 0 Å². The maximum absolute atomic E-state index is 10.8. The van der Waals surface area contributed by atoms with Crippen LogP contribution in [0.15, 0.2) is 66.8 Å². The Hall–Kier alpha value is -1.50. The number of hydrogen-bond acceptors (Lipinski definition) is 4. The molecule has 1 saturated heterocycles. The molecule has 6 heteroatoms. The lowest BCUT2D eigenvalue weighted by atomic mass is 10.0. The van der Waals surface area contributed by atoms with Crippen molar-refractivity contribution < 1.29 is 4.92 Å². The van der Waals surface area contributed by atoms with E-state index in [0.717, 1.165) is 28.0 Å². The molecular formula is C24H26BrNO2S2. The van der Waals surface area contributed by atoms with E-state index in [4.69, 9.17) is 0 Å². The van der Waals surface area contributed by atoms with Crippen LogP contribution in [0.1, 0.15) is 42.9 Å². The lowest BCUT2D eigenvalue weighted by molar-refractivity contribution is -0.384. The van der Waals surface area contributed by atoms with Gasteiger partial charge in [-0.05, 0) is 65.7 Å². The molecule has 1 heterocycles. The molecule has 0 saturated carbocycles. The van der Waals surface area contributed by atoms with Gasteiger partial charge in [-0.25, -0.2) is 0 Å². The number of benzene rings is 2. The van der Waals surface area contributed by atoms with E-state index in [2.05, 4.69) is 59.3 Å². The quantitative estimate of drug-likeness (QED) is 0.208. The molecule has 3 rings (SSSR count). The first-order valence-electron chi connectivity index (χ1n) is 10.2. The van der Waals surface area contributed by atoms with Crippen LogP contribution in [0.4, 0.5) is 5.69 Å². The van der Waals surface area contributed by atoms with Crippen molar-refractivity contribution in [1.82, 2.24) is 0 Å². The fraction of sp³-hybridized carbons (Fsp3) is 0.333. The Bertz CT molecular complexity index is 902. The van der Waals surface area contributed by atoms with E-state index < -0.39 is 0 Å². The summed E-state index contributed by atoms with van der Waals surface area (Å²) < 4.78 is 0.838. The monoisotopic (exact) mass is 503 g/mol. The number of hydrogen-bond donors (Lipinski definition) is 0. The highest BCUT2D eigenvalue weighted by Crippen LogP contribution is 2.51. The van der Waals surface area contributed by atoms with Gasteiger partial charge in [-0.15, -0.1) is 23.5 Å². The average Bonchev–Trinajstić information content (AvgIpc) is 2.78. The van der Waals surface area contributed by atoms with Gasteiger partial charge in [0.1, 0.15) is 4.08 Å². The van der Waals surface area contributed by atoms with Gasteiger partial charge in [0.15, 0.2) is 0 Å². The third-order valence-electron chi connectivity index (χ3n) is 5.01. The molecule has 0 radical (unpaired) electrons. The van der Waals surface area contributed by atoms with Crippen LogP contribution in [0, 0.1) is 10.1 Å². The van der Waals surface area contributed by atoms with E-state index in [1.165, 1.54) is 42.5 Å². The molecule has 3 nitrogen and oxygen atoms in total. The van der Waals surface area contributed by atoms with Crippen LogP contribution < -0.4 is 0 Å². The van der Waals surface area contributed by atoms with Crippen molar-refractivity contribution in [3.05, 3.63) is 93.6 Å². The van der Waals surface area contributed by atoms with Gasteiger partial charge in [-0.2, -0.15) is 0 Å². The van der Waals surface area contributed by atoms with Crippen molar-refractivity contribution in [2.75, 3.05) is 11.5 Å². The second-order valence-electron chi connectivity index (χ2n) is 7.20. The zero-order valence-electron chi connectivity index (χ0n) is 17.1. The van der Waals surface area contributed by atoms with Gasteiger partial charge in [-0.3, -0.25) is 10.1 Å². The summed E-state index contributed by atoms with van der Waals surface area (Å²) in [6.45, 7) is 2.23. The Balaban J connectivity index is 1.79. The Morgan fingerprint density at radius 2 is 1.80 bits per heavy atom. The van der Waals surface area contributed by atoms with Crippen LogP contribution in [-0.2, 0) is 10.5 Å². The number of nitro benzene ring substituents is 1. The van der Waals surface area contributed by atoms with Crippen molar-refractivity contribution in [2.24, 2.45) is 0 Å². The van der Waals surface area contributed by atoms with Crippen LogP contribution >= 0.6 is 39.5 Å². The van der Waals surface area contributed by atoms with Crippen molar-refractivity contribution in [1.29, 1.82) is 0 Å². The van der Waals surface area contributed by atoms with Crippen LogP contribution in [0.3, 0.4) is 0 Å². The van der Waals surface area contributed by atoms with Gasteiger partial charge in [-0.1, -0.05) is 65.7 Å². The summed E-state index contributed by atoms with van der Waals surface area (Å²) in [7, 11) is 0. The Morgan fingerprint density at radius 1 is 1.13 bits per heavy atom. The topological polar surface area (TPSA) is 43.1 Å². The maximum atomic E-state index is 10.8. The largest absolute Gasteiger partial charge is 0.269 e. The number of allylic oxidation sites excluding steroid dienone is 2. The highest BCUT2D eigenvalue weighted by Gasteiger charge is 2.32. The van der Waals surface area contributed by atoms with E-state index in [1.807, 2.05) is 29.6 Å².